The summed E-state index contributed by atoms with van der Waals surface area (Å²) in [6.07, 6.45) is 0. The van der Waals surface area contributed by atoms with E-state index in [4.69, 9.17) is 17.0 Å². The topological polar surface area (TPSA) is 42.8 Å². The molecule has 0 aliphatic rings. The van der Waals surface area contributed by atoms with Crippen molar-refractivity contribution in [3.8, 4) is 11.6 Å². The first-order valence-electron chi connectivity index (χ1n) is 6.40. The summed E-state index contributed by atoms with van der Waals surface area (Å²) < 4.78 is 9.03. The van der Waals surface area contributed by atoms with Gasteiger partial charge in [0, 0.05) is 10.8 Å². The van der Waals surface area contributed by atoms with E-state index >= 15 is 0 Å². The van der Waals surface area contributed by atoms with E-state index in [1.165, 1.54) is 10.1 Å². The van der Waals surface area contributed by atoms with Crippen LogP contribution in [0.2, 0.25) is 0 Å². The molecule has 0 amide bonds. The third kappa shape index (κ3) is 1.95. The molecule has 0 saturated heterocycles. The van der Waals surface area contributed by atoms with Gasteiger partial charge in [-0.2, -0.15) is 4.98 Å². The number of thiophene rings is 1. The maximum Gasteiger partial charge on any atom is 0.215 e. The van der Waals surface area contributed by atoms with Gasteiger partial charge in [-0.1, -0.05) is 0 Å². The molecule has 0 radical (unpaired) electrons. The lowest BCUT2D eigenvalue weighted by Crippen LogP contribution is -1.96. The van der Waals surface area contributed by atoms with Gasteiger partial charge in [0.15, 0.2) is 10.4 Å². The third-order valence-corrected chi connectivity index (χ3v) is 4.59. The van der Waals surface area contributed by atoms with Crippen molar-refractivity contribution in [1.82, 2.24) is 14.5 Å². The van der Waals surface area contributed by atoms with Crippen molar-refractivity contribution in [3.05, 3.63) is 46.5 Å². The van der Waals surface area contributed by atoms with E-state index in [1.54, 1.807) is 18.4 Å². The van der Waals surface area contributed by atoms with Crippen LogP contribution in [0.4, 0.5) is 0 Å². The molecule has 6 heteroatoms. The molecule has 21 heavy (non-hydrogen) atoms. The molecule has 0 aliphatic carbocycles. The quantitative estimate of drug-likeness (QED) is 0.561. The number of aromatic amines is 1. The molecule has 4 nitrogen and oxygen atoms in total. The first kappa shape index (κ1) is 12.6. The van der Waals surface area contributed by atoms with E-state index in [0.29, 0.717) is 10.7 Å². The van der Waals surface area contributed by atoms with Crippen molar-refractivity contribution in [2.75, 3.05) is 7.11 Å². The van der Waals surface area contributed by atoms with Crippen molar-refractivity contribution in [1.29, 1.82) is 0 Å². The van der Waals surface area contributed by atoms with Crippen LogP contribution < -0.4 is 4.74 Å². The van der Waals surface area contributed by atoms with Gasteiger partial charge in [0.2, 0.25) is 5.88 Å². The lowest BCUT2D eigenvalue weighted by Gasteiger charge is -2.05. The van der Waals surface area contributed by atoms with Crippen LogP contribution in [0.1, 0.15) is 0 Å². The Balaban J connectivity index is 2.03. The zero-order chi connectivity index (χ0) is 14.4. The Bertz CT molecular complexity index is 1010. The molecule has 4 aromatic rings. The largest absolute Gasteiger partial charge is 0.481 e. The molecule has 0 fully saturated rings. The van der Waals surface area contributed by atoms with E-state index in [9.17, 15) is 0 Å². The molecule has 0 saturated carbocycles. The summed E-state index contributed by atoms with van der Waals surface area (Å²) in [5.74, 6) is 0.571. The average molecular weight is 313 g/mol. The lowest BCUT2D eigenvalue weighted by atomic mass is 10.2. The molecule has 0 bridgehead atoms. The van der Waals surface area contributed by atoms with E-state index in [1.807, 2.05) is 16.7 Å². The predicted molar refractivity (Wildman–Crippen MR) is 88.2 cm³/mol. The number of nitrogens with zero attached hydrogens (tertiary/aromatic N) is 2. The van der Waals surface area contributed by atoms with Gasteiger partial charge in [-0.15, -0.1) is 11.3 Å². The van der Waals surface area contributed by atoms with Gasteiger partial charge in [-0.3, -0.25) is 4.57 Å². The second-order valence-corrected chi connectivity index (χ2v) is 5.97. The van der Waals surface area contributed by atoms with Gasteiger partial charge in [0.1, 0.15) is 0 Å². The number of aromatic nitrogens is 3. The molecule has 3 aromatic heterocycles. The number of ether oxygens (including phenoxy) is 1. The zero-order valence-electron chi connectivity index (χ0n) is 11.2. The Kier molecular flexibility index (Phi) is 2.80. The Morgan fingerprint density at radius 2 is 2.14 bits per heavy atom. The van der Waals surface area contributed by atoms with Crippen LogP contribution in [-0.2, 0) is 0 Å². The number of imidazole rings is 1. The SMILES string of the molecule is COc1ccc2[nH]c(=S)n(-c3ccc4sccc4c3)c2n1. The molecule has 1 aromatic carbocycles. The van der Waals surface area contributed by atoms with Crippen molar-refractivity contribution >= 4 is 44.8 Å². The summed E-state index contributed by atoms with van der Waals surface area (Å²) in [4.78, 5) is 7.69. The second-order valence-electron chi connectivity index (χ2n) is 4.63. The fourth-order valence-electron chi connectivity index (χ4n) is 2.41. The standard InChI is InChI=1S/C15H11N3OS2/c1-19-13-5-3-11-14(17-13)18(15(20)16-11)10-2-4-12-9(8-10)6-7-21-12/h2-8H,1H3,(H,16,20). The van der Waals surface area contributed by atoms with Crippen LogP contribution >= 0.6 is 23.6 Å². The Morgan fingerprint density at radius 3 is 3.00 bits per heavy atom. The van der Waals surface area contributed by atoms with Crippen molar-refractivity contribution in [2.45, 2.75) is 0 Å². The number of methoxy groups -OCH3 is 1. The number of rotatable bonds is 2. The molecule has 0 atom stereocenters. The minimum Gasteiger partial charge on any atom is -0.481 e. The fraction of sp³-hybridized carbons (Fsp3) is 0.0667. The highest BCUT2D eigenvalue weighted by molar-refractivity contribution is 7.71. The summed E-state index contributed by atoms with van der Waals surface area (Å²) in [5.41, 5.74) is 2.66. The zero-order valence-corrected chi connectivity index (χ0v) is 12.8. The van der Waals surface area contributed by atoms with E-state index < -0.39 is 0 Å². The number of fused-ring (bicyclic) bond motifs is 2. The van der Waals surface area contributed by atoms with Crippen molar-refractivity contribution in [3.63, 3.8) is 0 Å². The summed E-state index contributed by atoms with van der Waals surface area (Å²) in [5, 5.41) is 3.29. The Labute approximate surface area is 129 Å². The summed E-state index contributed by atoms with van der Waals surface area (Å²) >= 11 is 7.17. The second kappa shape index (κ2) is 4.68. The fourth-order valence-corrected chi connectivity index (χ4v) is 3.49. The van der Waals surface area contributed by atoms with Crippen LogP contribution in [-0.4, -0.2) is 21.6 Å². The first-order chi connectivity index (χ1) is 10.3. The van der Waals surface area contributed by atoms with Gasteiger partial charge < -0.3 is 9.72 Å². The molecule has 0 aliphatic heterocycles. The van der Waals surface area contributed by atoms with E-state index in [0.717, 1.165) is 16.9 Å². The van der Waals surface area contributed by atoms with Crippen molar-refractivity contribution in [2.24, 2.45) is 0 Å². The maximum atomic E-state index is 5.45. The van der Waals surface area contributed by atoms with Gasteiger partial charge in [0.05, 0.1) is 18.3 Å². The van der Waals surface area contributed by atoms with Crippen LogP contribution in [0.25, 0.3) is 26.9 Å². The number of hydrogen-bond acceptors (Lipinski definition) is 4. The minimum absolute atomic E-state index is 0.571. The number of pyridine rings is 1. The first-order valence-corrected chi connectivity index (χ1v) is 7.68. The van der Waals surface area contributed by atoms with E-state index in [2.05, 4.69) is 39.6 Å². The highest BCUT2D eigenvalue weighted by Gasteiger charge is 2.10. The lowest BCUT2D eigenvalue weighted by molar-refractivity contribution is 0.399. The monoisotopic (exact) mass is 313 g/mol. The van der Waals surface area contributed by atoms with Crippen LogP contribution in [0.15, 0.2) is 41.8 Å². The van der Waals surface area contributed by atoms with Gasteiger partial charge in [-0.05, 0) is 53.3 Å². The number of benzene rings is 1. The van der Waals surface area contributed by atoms with Crippen molar-refractivity contribution < 1.29 is 4.74 Å². The maximum absolute atomic E-state index is 5.45. The Morgan fingerprint density at radius 1 is 1.24 bits per heavy atom. The summed E-state index contributed by atoms with van der Waals surface area (Å²) in [6.45, 7) is 0. The van der Waals surface area contributed by atoms with Crippen LogP contribution in [0, 0.1) is 4.77 Å². The number of H-pyrrole nitrogens is 1. The highest BCUT2D eigenvalue weighted by Crippen LogP contribution is 2.26. The predicted octanol–water partition coefficient (Wildman–Crippen LogP) is 4.31. The molecule has 104 valence electrons. The summed E-state index contributed by atoms with van der Waals surface area (Å²) in [6, 6.07) is 12.1. The molecule has 3 heterocycles. The molecular formula is C15H11N3OS2. The molecule has 1 N–H and O–H groups in total. The minimum atomic E-state index is 0.571. The smallest absolute Gasteiger partial charge is 0.215 e. The van der Waals surface area contributed by atoms with Crippen LogP contribution in [0.3, 0.4) is 0 Å². The van der Waals surface area contributed by atoms with Gasteiger partial charge >= 0.3 is 0 Å². The third-order valence-electron chi connectivity index (χ3n) is 3.41. The summed E-state index contributed by atoms with van der Waals surface area (Å²) in [7, 11) is 1.61. The molecule has 0 unspecified atom stereocenters. The molecular weight excluding hydrogens is 302 g/mol. The molecule has 4 rings (SSSR count). The Hall–Kier alpha value is -2.18. The van der Waals surface area contributed by atoms with Crippen LogP contribution in [0.5, 0.6) is 5.88 Å². The normalized spacial score (nSPS) is 11.3. The number of hydrogen-bond donors (Lipinski definition) is 1. The van der Waals surface area contributed by atoms with Gasteiger partial charge in [0.25, 0.3) is 0 Å². The number of nitrogens with one attached hydrogen (secondary N) is 1. The highest BCUT2D eigenvalue weighted by atomic mass is 32.1. The van der Waals surface area contributed by atoms with Gasteiger partial charge in [-0.25, -0.2) is 0 Å². The molecule has 0 spiro atoms. The van der Waals surface area contributed by atoms with E-state index in [-0.39, 0.29) is 0 Å². The average Bonchev–Trinajstić information content (AvgIpc) is 3.08.